The van der Waals surface area contributed by atoms with E-state index in [1.54, 1.807) is 22.7 Å². The summed E-state index contributed by atoms with van der Waals surface area (Å²) in [5, 5.41) is 20.6. The maximum atomic E-state index is 12.9. The van der Waals surface area contributed by atoms with Gasteiger partial charge in [0, 0.05) is 17.1 Å². The first-order valence-corrected chi connectivity index (χ1v) is 8.08. The third kappa shape index (κ3) is 2.25. The number of aromatic hydroxyl groups is 1. The topological polar surface area (TPSA) is 79.0 Å². The summed E-state index contributed by atoms with van der Waals surface area (Å²) < 4.78 is 1.74. The van der Waals surface area contributed by atoms with Gasteiger partial charge in [0.1, 0.15) is 5.75 Å². The fraction of sp³-hybridized carbons (Fsp3) is 0.0476. The Morgan fingerprint density at radius 2 is 1.65 bits per heavy atom. The van der Waals surface area contributed by atoms with Crippen molar-refractivity contribution < 1.29 is 19.8 Å². The van der Waals surface area contributed by atoms with Crippen molar-refractivity contribution in [3.05, 3.63) is 83.0 Å². The van der Waals surface area contributed by atoms with Crippen LogP contribution in [0, 0.1) is 6.92 Å². The van der Waals surface area contributed by atoms with Crippen molar-refractivity contribution in [1.82, 2.24) is 4.40 Å². The molecule has 2 heterocycles. The maximum absolute atomic E-state index is 12.9. The molecule has 2 aromatic carbocycles. The first kappa shape index (κ1) is 15.9. The van der Waals surface area contributed by atoms with Gasteiger partial charge < -0.3 is 14.6 Å². The second-order valence-corrected chi connectivity index (χ2v) is 6.15. The Morgan fingerprint density at radius 3 is 2.38 bits per heavy atom. The SMILES string of the molecule is Cc1c2ccccc2n2cc(C(=O)c3ccccc3O)cc(C(=O)O)c12. The van der Waals surface area contributed by atoms with Crippen LogP contribution in [0.1, 0.15) is 31.8 Å². The first-order valence-electron chi connectivity index (χ1n) is 8.08. The monoisotopic (exact) mass is 345 g/mol. The molecule has 0 amide bonds. The lowest BCUT2D eigenvalue weighted by Crippen LogP contribution is -2.08. The van der Waals surface area contributed by atoms with Crippen LogP contribution in [0.5, 0.6) is 5.75 Å². The van der Waals surface area contributed by atoms with E-state index in [1.165, 1.54) is 18.2 Å². The fourth-order valence-electron chi connectivity index (χ4n) is 3.40. The molecule has 5 nitrogen and oxygen atoms in total. The van der Waals surface area contributed by atoms with Gasteiger partial charge in [-0.1, -0.05) is 30.3 Å². The standard InChI is InChI=1S/C21H15NO4/c1-12-14-6-2-4-8-17(14)22-11-13(10-16(19(12)22)21(25)26)20(24)15-7-3-5-9-18(15)23/h2-11,23H,1H3,(H,25,26). The quantitative estimate of drug-likeness (QED) is 0.549. The molecule has 2 N–H and O–H groups in total. The van der Waals surface area contributed by atoms with Crippen LogP contribution in [0.4, 0.5) is 0 Å². The Labute approximate surface area is 148 Å². The van der Waals surface area contributed by atoms with Gasteiger partial charge in [0.15, 0.2) is 5.78 Å². The number of carbonyl (C=O) groups is 2. The van der Waals surface area contributed by atoms with Gasteiger partial charge in [-0.3, -0.25) is 4.79 Å². The number of phenols is 1. The Morgan fingerprint density at radius 1 is 0.962 bits per heavy atom. The van der Waals surface area contributed by atoms with Crippen LogP contribution in [-0.4, -0.2) is 26.4 Å². The average molecular weight is 345 g/mol. The third-order valence-corrected chi connectivity index (χ3v) is 4.63. The summed E-state index contributed by atoms with van der Waals surface area (Å²) in [6.45, 7) is 1.87. The molecule has 128 valence electrons. The molecule has 4 rings (SSSR count). The number of ketones is 1. The largest absolute Gasteiger partial charge is 0.507 e. The highest BCUT2D eigenvalue weighted by atomic mass is 16.4. The van der Waals surface area contributed by atoms with Crippen LogP contribution in [0.25, 0.3) is 16.4 Å². The van der Waals surface area contributed by atoms with Gasteiger partial charge in [-0.05, 0) is 36.8 Å². The van der Waals surface area contributed by atoms with E-state index in [0.29, 0.717) is 5.52 Å². The minimum absolute atomic E-state index is 0.0555. The highest BCUT2D eigenvalue weighted by Gasteiger charge is 2.21. The first-order chi connectivity index (χ1) is 12.5. The fourth-order valence-corrected chi connectivity index (χ4v) is 3.40. The molecular weight excluding hydrogens is 330 g/mol. The van der Waals surface area contributed by atoms with E-state index in [9.17, 15) is 19.8 Å². The zero-order chi connectivity index (χ0) is 18.4. The lowest BCUT2D eigenvalue weighted by Gasteiger charge is -2.08. The number of carboxylic acid groups (broad SMARTS) is 1. The molecular formula is C21H15NO4. The molecule has 0 fully saturated rings. The molecule has 4 aromatic rings. The summed E-state index contributed by atoms with van der Waals surface area (Å²) in [7, 11) is 0. The minimum Gasteiger partial charge on any atom is -0.507 e. The Hall–Kier alpha value is -3.60. The number of carbonyl (C=O) groups excluding carboxylic acids is 1. The smallest absolute Gasteiger partial charge is 0.337 e. The van der Waals surface area contributed by atoms with Crippen LogP contribution in [0.2, 0.25) is 0 Å². The van der Waals surface area contributed by atoms with Crippen molar-refractivity contribution in [1.29, 1.82) is 0 Å². The molecule has 0 aliphatic heterocycles. The van der Waals surface area contributed by atoms with Crippen LogP contribution in [0.15, 0.2) is 60.8 Å². The highest BCUT2D eigenvalue weighted by molar-refractivity contribution is 6.13. The molecule has 5 heteroatoms. The summed E-state index contributed by atoms with van der Waals surface area (Å²) >= 11 is 0. The third-order valence-electron chi connectivity index (χ3n) is 4.63. The van der Waals surface area contributed by atoms with Crippen LogP contribution < -0.4 is 0 Å². The van der Waals surface area contributed by atoms with E-state index >= 15 is 0 Å². The molecule has 0 saturated carbocycles. The predicted molar refractivity (Wildman–Crippen MR) is 98.1 cm³/mol. The number of hydrogen-bond acceptors (Lipinski definition) is 3. The second-order valence-electron chi connectivity index (χ2n) is 6.15. The zero-order valence-corrected chi connectivity index (χ0v) is 13.9. The minimum atomic E-state index is -1.10. The van der Waals surface area contributed by atoms with Crippen molar-refractivity contribution in [3.63, 3.8) is 0 Å². The van der Waals surface area contributed by atoms with Crippen molar-refractivity contribution in [2.75, 3.05) is 0 Å². The van der Waals surface area contributed by atoms with Crippen molar-refractivity contribution >= 4 is 28.2 Å². The van der Waals surface area contributed by atoms with Crippen molar-refractivity contribution in [2.24, 2.45) is 0 Å². The van der Waals surface area contributed by atoms with Crippen molar-refractivity contribution in [3.8, 4) is 5.75 Å². The van der Waals surface area contributed by atoms with E-state index in [1.807, 2.05) is 31.2 Å². The van der Waals surface area contributed by atoms with Gasteiger partial charge in [-0.25, -0.2) is 4.79 Å². The zero-order valence-electron chi connectivity index (χ0n) is 13.9. The summed E-state index contributed by atoms with van der Waals surface area (Å²) in [5.74, 6) is -1.67. The van der Waals surface area contributed by atoms with Gasteiger partial charge in [0.25, 0.3) is 0 Å². The number of carboxylic acids is 1. The maximum Gasteiger partial charge on any atom is 0.337 e. The van der Waals surface area contributed by atoms with Crippen LogP contribution >= 0.6 is 0 Å². The highest BCUT2D eigenvalue weighted by Crippen LogP contribution is 2.30. The number of benzene rings is 2. The number of pyridine rings is 1. The molecule has 2 aromatic heterocycles. The van der Waals surface area contributed by atoms with Gasteiger partial charge in [0.05, 0.1) is 22.2 Å². The molecule has 0 saturated heterocycles. The Balaban J connectivity index is 2.06. The van der Waals surface area contributed by atoms with Gasteiger partial charge >= 0.3 is 5.97 Å². The van der Waals surface area contributed by atoms with Gasteiger partial charge in [-0.15, -0.1) is 0 Å². The number of phenolic OH excluding ortho intramolecular Hbond substituents is 1. The summed E-state index contributed by atoms with van der Waals surface area (Å²) in [5.41, 5.74) is 2.63. The van der Waals surface area contributed by atoms with Gasteiger partial charge in [0.2, 0.25) is 0 Å². The average Bonchev–Trinajstić information content (AvgIpc) is 2.94. The number of aromatic carboxylic acids is 1. The molecule has 0 bridgehead atoms. The molecule has 0 atom stereocenters. The normalized spacial score (nSPS) is 11.1. The Bertz CT molecular complexity index is 1200. The van der Waals surface area contributed by atoms with Crippen molar-refractivity contribution in [2.45, 2.75) is 6.92 Å². The molecule has 0 aliphatic rings. The predicted octanol–water partition coefficient (Wildman–Crippen LogP) is 4.04. The number of hydrogen-bond donors (Lipinski definition) is 2. The molecule has 26 heavy (non-hydrogen) atoms. The van der Waals surface area contributed by atoms with Crippen LogP contribution in [0.3, 0.4) is 0 Å². The van der Waals surface area contributed by atoms with E-state index in [4.69, 9.17) is 0 Å². The summed E-state index contributed by atoms with van der Waals surface area (Å²) in [6, 6.07) is 15.2. The number of rotatable bonds is 3. The number of fused-ring (bicyclic) bond motifs is 3. The molecule has 0 spiro atoms. The lowest BCUT2D eigenvalue weighted by molar-refractivity contribution is 0.0698. The molecule has 0 unspecified atom stereocenters. The molecule has 0 radical (unpaired) electrons. The second kappa shape index (κ2) is 5.74. The summed E-state index contributed by atoms with van der Waals surface area (Å²) in [4.78, 5) is 24.7. The number of aromatic nitrogens is 1. The van der Waals surface area contributed by atoms with E-state index in [2.05, 4.69) is 0 Å². The van der Waals surface area contributed by atoms with E-state index in [0.717, 1.165) is 16.5 Å². The lowest BCUT2D eigenvalue weighted by atomic mass is 10.0. The number of para-hydroxylation sites is 2. The van der Waals surface area contributed by atoms with Gasteiger partial charge in [-0.2, -0.15) is 0 Å². The van der Waals surface area contributed by atoms with E-state index in [-0.39, 0.29) is 22.4 Å². The Kier molecular flexibility index (Phi) is 3.51. The van der Waals surface area contributed by atoms with E-state index < -0.39 is 11.8 Å². The number of aryl methyl sites for hydroxylation is 1. The molecule has 0 aliphatic carbocycles. The van der Waals surface area contributed by atoms with Crippen LogP contribution in [-0.2, 0) is 0 Å². The summed E-state index contributed by atoms with van der Waals surface area (Å²) in [6.07, 6.45) is 1.63. The number of nitrogens with zero attached hydrogens (tertiary/aromatic N) is 1.